The van der Waals surface area contributed by atoms with E-state index in [-0.39, 0.29) is 0 Å². The van der Waals surface area contributed by atoms with Crippen LogP contribution in [0.3, 0.4) is 0 Å². The van der Waals surface area contributed by atoms with Gasteiger partial charge >= 0.3 is 0 Å². The van der Waals surface area contributed by atoms with Gasteiger partial charge in [0.25, 0.3) is 0 Å². The van der Waals surface area contributed by atoms with Gasteiger partial charge in [0.2, 0.25) is 0 Å². The third kappa shape index (κ3) is 6.74. The summed E-state index contributed by atoms with van der Waals surface area (Å²) in [7, 11) is 0. The molecule has 0 heterocycles. The number of hydrogen-bond acceptors (Lipinski definition) is 1. The van der Waals surface area contributed by atoms with Crippen molar-refractivity contribution in [3.05, 3.63) is 77.4 Å². The van der Waals surface area contributed by atoms with Gasteiger partial charge in [-0.2, -0.15) is 0 Å². The average molecular weight is 353 g/mol. The number of benzene rings is 2. The Morgan fingerprint density at radius 2 is 1.44 bits per heavy atom. The van der Waals surface area contributed by atoms with E-state index in [0.717, 1.165) is 19.3 Å². The van der Waals surface area contributed by atoms with Gasteiger partial charge in [-0.3, -0.25) is 0 Å². The highest BCUT2D eigenvalue weighted by molar-refractivity contribution is 7.98. The number of allylic oxidation sites excluding steroid dienone is 1. The van der Waals surface area contributed by atoms with Crippen molar-refractivity contribution in [1.82, 2.24) is 0 Å². The van der Waals surface area contributed by atoms with Crippen molar-refractivity contribution in [2.45, 2.75) is 57.3 Å². The molecule has 1 atom stereocenters. The molecule has 0 fully saturated rings. The second-order valence-electron chi connectivity index (χ2n) is 7.05. The van der Waals surface area contributed by atoms with E-state index in [9.17, 15) is 0 Å². The molecule has 0 aliphatic rings. The number of hydrogen-bond donors (Lipinski definition) is 0. The highest BCUT2D eigenvalue weighted by atomic mass is 32.2. The van der Waals surface area contributed by atoms with Crippen LogP contribution in [0.2, 0.25) is 0 Å². The smallest absolute Gasteiger partial charge is 0.00693 e. The normalized spacial score (nSPS) is 12.1. The van der Waals surface area contributed by atoms with Crippen LogP contribution in [0.4, 0.5) is 0 Å². The summed E-state index contributed by atoms with van der Waals surface area (Å²) in [6.45, 7) is 8.59. The predicted octanol–water partition coefficient (Wildman–Crippen LogP) is 7.12. The molecular weight excluding hydrogens is 320 g/mol. The summed E-state index contributed by atoms with van der Waals surface area (Å²) in [6, 6.07) is 18.2. The summed E-state index contributed by atoms with van der Waals surface area (Å²) in [5.41, 5.74) is 5.65. The summed E-state index contributed by atoms with van der Waals surface area (Å²) in [5.74, 6) is 0.625. The topological polar surface area (TPSA) is 0 Å². The summed E-state index contributed by atoms with van der Waals surface area (Å²) in [5, 5.41) is 0. The van der Waals surface area contributed by atoms with E-state index in [4.69, 9.17) is 0 Å². The molecule has 2 aromatic rings. The third-order valence-electron chi connectivity index (χ3n) is 4.93. The van der Waals surface area contributed by atoms with Gasteiger partial charge in [-0.25, -0.2) is 0 Å². The molecule has 0 saturated heterocycles. The van der Waals surface area contributed by atoms with Gasteiger partial charge in [0, 0.05) is 4.90 Å². The largest absolute Gasteiger partial charge is 0.130 e. The van der Waals surface area contributed by atoms with Crippen molar-refractivity contribution in [1.29, 1.82) is 0 Å². The van der Waals surface area contributed by atoms with Crippen molar-refractivity contribution >= 4 is 11.8 Å². The van der Waals surface area contributed by atoms with E-state index in [0.29, 0.717) is 5.92 Å². The Hall–Kier alpha value is -1.47. The Balaban J connectivity index is 1.82. The van der Waals surface area contributed by atoms with Gasteiger partial charge in [-0.15, -0.1) is 11.8 Å². The molecule has 0 N–H and O–H groups in total. The molecule has 25 heavy (non-hydrogen) atoms. The monoisotopic (exact) mass is 352 g/mol. The van der Waals surface area contributed by atoms with Crippen LogP contribution in [0.5, 0.6) is 0 Å². The van der Waals surface area contributed by atoms with Crippen LogP contribution >= 0.6 is 11.8 Å². The summed E-state index contributed by atoms with van der Waals surface area (Å²) >= 11 is 1.80. The Morgan fingerprint density at radius 3 is 1.92 bits per heavy atom. The fourth-order valence-electron chi connectivity index (χ4n) is 3.29. The van der Waals surface area contributed by atoms with Crippen molar-refractivity contribution in [3.8, 4) is 0 Å². The zero-order valence-corrected chi connectivity index (χ0v) is 16.9. The minimum absolute atomic E-state index is 0.625. The maximum absolute atomic E-state index is 4.17. The molecule has 0 radical (unpaired) electrons. The second-order valence-corrected chi connectivity index (χ2v) is 7.93. The maximum atomic E-state index is 4.17. The van der Waals surface area contributed by atoms with E-state index < -0.39 is 0 Å². The quantitative estimate of drug-likeness (QED) is 0.324. The SMILES string of the molecule is C=C(C)C(CCC)Cc1ccc(CCCc2ccc(SC)cc2)cc1. The molecule has 0 saturated carbocycles. The van der Waals surface area contributed by atoms with Crippen molar-refractivity contribution < 1.29 is 0 Å². The van der Waals surface area contributed by atoms with Gasteiger partial charge in [-0.05, 0) is 80.0 Å². The lowest BCUT2D eigenvalue weighted by Gasteiger charge is -2.16. The molecule has 0 amide bonds. The van der Waals surface area contributed by atoms with E-state index >= 15 is 0 Å². The Kier molecular flexibility index (Phi) is 8.34. The minimum Gasteiger partial charge on any atom is -0.130 e. The van der Waals surface area contributed by atoms with Crippen molar-refractivity contribution in [2.75, 3.05) is 6.26 Å². The summed E-state index contributed by atoms with van der Waals surface area (Å²) < 4.78 is 0. The van der Waals surface area contributed by atoms with E-state index in [1.807, 2.05) is 0 Å². The van der Waals surface area contributed by atoms with Crippen LogP contribution in [0.1, 0.15) is 49.8 Å². The zero-order chi connectivity index (χ0) is 18.1. The molecule has 134 valence electrons. The molecule has 0 aromatic heterocycles. The van der Waals surface area contributed by atoms with Gasteiger partial charge in [0.15, 0.2) is 0 Å². The van der Waals surface area contributed by atoms with Crippen LogP contribution < -0.4 is 0 Å². The molecule has 0 bridgehead atoms. The molecule has 2 rings (SSSR count). The van der Waals surface area contributed by atoms with Crippen LogP contribution in [0.15, 0.2) is 65.6 Å². The van der Waals surface area contributed by atoms with Gasteiger partial charge < -0.3 is 0 Å². The predicted molar refractivity (Wildman–Crippen MR) is 114 cm³/mol. The van der Waals surface area contributed by atoms with Crippen LogP contribution in [-0.2, 0) is 19.3 Å². The highest BCUT2D eigenvalue weighted by Gasteiger charge is 2.09. The summed E-state index contributed by atoms with van der Waals surface area (Å²) in [6.07, 6.45) is 9.25. The van der Waals surface area contributed by atoms with E-state index in [1.54, 1.807) is 11.8 Å². The fraction of sp³-hybridized carbons (Fsp3) is 0.417. The first-order chi connectivity index (χ1) is 12.1. The lowest BCUT2D eigenvalue weighted by atomic mass is 9.89. The average Bonchev–Trinajstić information content (AvgIpc) is 2.63. The third-order valence-corrected chi connectivity index (χ3v) is 5.67. The van der Waals surface area contributed by atoms with Gasteiger partial charge in [0.05, 0.1) is 0 Å². The van der Waals surface area contributed by atoms with E-state index in [1.165, 1.54) is 46.4 Å². The molecule has 2 aromatic carbocycles. The van der Waals surface area contributed by atoms with Crippen molar-refractivity contribution in [3.63, 3.8) is 0 Å². The molecule has 1 unspecified atom stereocenters. The lowest BCUT2D eigenvalue weighted by Crippen LogP contribution is -2.05. The first-order valence-electron chi connectivity index (χ1n) is 9.48. The second kappa shape index (κ2) is 10.5. The molecule has 0 nitrogen and oxygen atoms in total. The zero-order valence-electron chi connectivity index (χ0n) is 16.1. The Labute approximate surface area is 158 Å². The van der Waals surface area contributed by atoms with Gasteiger partial charge in [-0.1, -0.05) is 61.9 Å². The molecule has 0 aliphatic heterocycles. The first-order valence-corrected chi connectivity index (χ1v) is 10.7. The first kappa shape index (κ1) is 19.8. The highest BCUT2D eigenvalue weighted by Crippen LogP contribution is 2.21. The Morgan fingerprint density at radius 1 is 0.920 bits per heavy atom. The van der Waals surface area contributed by atoms with Gasteiger partial charge in [0.1, 0.15) is 0 Å². The van der Waals surface area contributed by atoms with E-state index in [2.05, 4.69) is 75.2 Å². The number of thioether (sulfide) groups is 1. The molecule has 0 aliphatic carbocycles. The molecular formula is C24H32S. The molecule has 1 heteroatoms. The molecule has 0 spiro atoms. The van der Waals surface area contributed by atoms with Crippen LogP contribution in [-0.4, -0.2) is 6.26 Å². The number of aryl methyl sites for hydroxylation is 2. The van der Waals surface area contributed by atoms with Crippen LogP contribution in [0.25, 0.3) is 0 Å². The van der Waals surface area contributed by atoms with Crippen molar-refractivity contribution in [2.24, 2.45) is 5.92 Å². The standard InChI is InChI=1S/C24H32S/c1-5-7-23(19(2)3)18-22-12-10-20(11-13-22)8-6-9-21-14-16-24(25-4)17-15-21/h10-17,23H,2,5-9,18H2,1,3-4H3. The number of rotatable bonds is 10. The fourth-order valence-corrected chi connectivity index (χ4v) is 3.69. The lowest BCUT2D eigenvalue weighted by molar-refractivity contribution is 0.549. The summed E-state index contributed by atoms with van der Waals surface area (Å²) in [4.78, 5) is 1.34. The Bertz CT molecular complexity index is 637. The van der Waals surface area contributed by atoms with Crippen LogP contribution in [0, 0.1) is 5.92 Å². The maximum Gasteiger partial charge on any atom is 0.00693 e. The minimum atomic E-state index is 0.625.